The summed E-state index contributed by atoms with van der Waals surface area (Å²) in [5.74, 6) is -1.74. The van der Waals surface area contributed by atoms with Crippen molar-refractivity contribution < 1.29 is 13.7 Å². The monoisotopic (exact) mass is 266 g/mol. The van der Waals surface area contributed by atoms with Crippen LogP contribution in [0.25, 0.3) is 11.3 Å². The molecule has 1 heterocycles. The number of hydrogen-bond acceptors (Lipinski definition) is 5. The van der Waals surface area contributed by atoms with Gasteiger partial charge in [-0.25, -0.2) is 18.7 Å². The molecule has 0 aliphatic rings. The van der Waals surface area contributed by atoms with Gasteiger partial charge in [-0.3, -0.25) is 10.1 Å². The Hall–Kier alpha value is -2.64. The van der Waals surface area contributed by atoms with Crippen LogP contribution in [-0.4, -0.2) is 21.9 Å². The van der Waals surface area contributed by atoms with Crippen LogP contribution in [0.4, 0.5) is 20.3 Å². The summed E-state index contributed by atoms with van der Waals surface area (Å²) < 4.78 is 26.5. The molecule has 1 aromatic heterocycles. The third-order valence-electron chi connectivity index (χ3n) is 2.43. The van der Waals surface area contributed by atoms with Gasteiger partial charge in [-0.1, -0.05) is 0 Å². The molecule has 0 atom stereocenters. The Morgan fingerprint density at radius 2 is 2.05 bits per heavy atom. The highest BCUT2D eigenvalue weighted by Gasteiger charge is 2.25. The number of benzene rings is 1. The number of halogens is 2. The topological polar surface area (TPSA) is 81.0 Å². The fraction of sp³-hybridized carbons (Fsp3) is 0.0909. The summed E-state index contributed by atoms with van der Waals surface area (Å²) in [6, 6.07) is 2.74. The summed E-state index contributed by atoms with van der Waals surface area (Å²) in [4.78, 5) is 17.7. The Morgan fingerprint density at radius 1 is 1.32 bits per heavy atom. The Labute approximate surface area is 106 Å². The van der Waals surface area contributed by atoms with Crippen molar-refractivity contribution in [3.05, 3.63) is 46.3 Å². The molecule has 0 aliphatic heterocycles. The third-order valence-corrected chi connectivity index (χ3v) is 2.43. The van der Waals surface area contributed by atoms with Gasteiger partial charge in [0, 0.05) is 18.7 Å². The number of nitro groups is 1. The first-order valence-corrected chi connectivity index (χ1v) is 5.17. The lowest BCUT2D eigenvalue weighted by Gasteiger charge is -2.06. The van der Waals surface area contributed by atoms with Crippen molar-refractivity contribution in [2.24, 2.45) is 0 Å². The number of hydrogen-bond donors (Lipinski definition) is 1. The molecule has 0 bridgehead atoms. The first-order valence-electron chi connectivity index (χ1n) is 5.17. The molecule has 2 rings (SSSR count). The van der Waals surface area contributed by atoms with E-state index in [2.05, 4.69) is 15.3 Å². The summed E-state index contributed by atoms with van der Waals surface area (Å²) in [6.45, 7) is 0. The minimum absolute atomic E-state index is 0.0428. The zero-order chi connectivity index (χ0) is 14.0. The van der Waals surface area contributed by atoms with E-state index in [4.69, 9.17) is 0 Å². The van der Waals surface area contributed by atoms with Crippen LogP contribution in [0.15, 0.2) is 24.5 Å². The van der Waals surface area contributed by atoms with Crippen molar-refractivity contribution in [2.75, 3.05) is 12.4 Å². The maximum atomic E-state index is 13.7. The molecule has 98 valence electrons. The highest BCUT2D eigenvalue weighted by molar-refractivity contribution is 5.76. The molecular weight excluding hydrogens is 258 g/mol. The lowest BCUT2D eigenvalue weighted by molar-refractivity contribution is -0.383. The summed E-state index contributed by atoms with van der Waals surface area (Å²) in [7, 11) is 1.44. The molecule has 0 radical (unpaired) electrons. The van der Waals surface area contributed by atoms with Crippen LogP contribution < -0.4 is 5.32 Å². The Bertz CT molecular complexity index is 649. The van der Waals surface area contributed by atoms with E-state index in [1.54, 1.807) is 0 Å². The van der Waals surface area contributed by atoms with E-state index >= 15 is 0 Å². The van der Waals surface area contributed by atoms with E-state index in [1.807, 2.05) is 0 Å². The van der Waals surface area contributed by atoms with E-state index < -0.39 is 22.2 Å². The molecule has 0 fully saturated rings. The van der Waals surface area contributed by atoms with Gasteiger partial charge in [-0.15, -0.1) is 0 Å². The highest BCUT2D eigenvalue weighted by atomic mass is 19.1. The predicted molar refractivity (Wildman–Crippen MR) is 63.6 cm³/mol. The van der Waals surface area contributed by atoms with E-state index in [0.717, 1.165) is 18.5 Å². The van der Waals surface area contributed by atoms with Crippen molar-refractivity contribution in [3.63, 3.8) is 0 Å². The van der Waals surface area contributed by atoms with Gasteiger partial charge in [0.25, 0.3) is 0 Å². The lowest BCUT2D eigenvalue weighted by atomic mass is 10.1. The van der Waals surface area contributed by atoms with Crippen LogP contribution >= 0.6 is 0 Å². The molecule has 0 saturated heterocycles. The van der Waals surface area contributed by atoms with Gasteiger partial charge in [0.05, 0.1) is 4.92 Å². The predicted octanol–water partition coefficient (Wildman–Crippen LogP) is 2.37. The van der Waals surface area contributed by atoms with Crippen molar-refractivity contribution >= 4 is 11.5 Å². The summed E-state index contributed by atoms with van der Waals surface area (Å²) in [5, 5.41) is 13.6. The van der Waals surface area contributed by atoms with Crippen LogP contribution in [0.1, 0.15) is 0 Å². The Morgan fingerprint density at radius 3 is 2.63 bits per heavy atom. The zero-order valence-electron chi connectivity index (χ0n) is 9.72. The summed E-state index contributed by atoms with van der Waals surface area (Å²) in [6.07, 6.45) is 1.07. The number of rotatable bonds is 3. The molecule has 1 N–H and O–H groups in total. The maximum Gasteiger partial charge on any atom is 0.337 e. The van der Waals surface area contributed by atoms with Crippen LogP contribution in [0.2, 0.25) is 0 Å². The molecule has 0 aliphatic carbocycles. The molecule has 0 unspecified atom stereocenters. The lowest BCUT2D eigenvalue weighted by Crippen LogP contribution is -2.03. The summed E-state index contributed by atoms with van der Waals surface area (Å²) >= 11 is 0. The van der Waals surface area contributed by atoms with Crippen molar-refractivity contribution in [1.29, 1.82) is 0 Å². The van der Waals surface area contributed by atoms with Crippen molar-refractivity contribution in [2.45, 2.75) is 0 Å². The molecule has 6 nitrogen and oxygen atoms in total. The standard InChI is InChI=1S/C11H8F2N4O2/c1-14-11-10(17(18)19)9(15-5-16-11)7-3-2-6(12)4-8(7)13/h2-5H,1H3,(H,14,15,16). The van der Waals surface area contributed by atoms with Crippen LogP contribution in [-0.2, 0) is 0 Å². The maximum absolute atomic E-state index is 13.7. The van der Waals surface area contributed by atoms with Gasteiger partial charge in [0.15, 0.2) is 5.69 Å². The Kier molecular flexibility index (Phi) is 3.32. The smallest absolute Gasteiger partial charge is 0.337 e. The first kappa shape index (κ1) is 12.8. The van der Waals surface area contributed by atoms with Gasteiger partial charge in [-0.2, -0.15) is 0 Å². The fourth-order valence-corrected chi connectivity index (χ4v) is 1.61. The molecule has 0 amide bonds. The minimum Gasteiger partial charge on any atom is -0.367 e. The summed E-state index contributed by atoms with van der Waals surface area (Å²) in [5.41, 5.74) is -0.829. The average molecular weight is 266 g/mol. The van der Waals surface area contributed by atoms with Crippen molar-refractivity contribution in [1.82, 2.24) is 9.97 Å². The second-order valence-electron chi connectivity index (χ2n) is 3.55. The Balaban J connectivity index is 2.71. The molecule has 0 saturated carbocycles. The third kappa shape index (κ3) is 2.32. The molecular formula is C11H8F2N4O2. The largest absolute Gasteiger partial charge is 0.367 e. The first-order chi connectivity index (χ1) is 9.04. The zero-order valence-corrected chi connectivity index (χ0v) is 9.72. The highest BCUT2D eigenvalue weighted by Crippen LogP contribution is 2.33. The van der Waals surface area contributed by atoms with E-state index in [9.17, 15) is 18.9 Å². The second kappa shape index (κ2) is 4.92. The number of nitrogens with one attached hydrogen (secondary N) is 1. The average Bonchev–Trinajstić information content (AvgIpc) is 2.37. The molecule has 19 heavy (non-hydrogen) atoms. The van der Waals surface area contributed by atoms with Crippen LogP contribution in [0, 0.1) is 21.7 Å². The number of aromatic nitrogens is 2. The van der Waals surface area contributed by atoms with Crippen LogP contribution in [0.5, 0.6) is 0 Å². The fourth-order valence-electron chi connectivity index (χ4n) is 1.61. The minimum atomic E-state index is -0.927. The van der Waals surface area contributed by atoms with Gasteiger partial charge >= 0.3 is 5.69 Å². The van der Waals surface area contributed by atoms with Gasteiger partial charge in [-0.05, 0) is 12.1 Å². The molecule has 8 heteroatoms. The SMILES string of the molecule is CNc1ncnc(-c2ccc(F)cc2F)c1[N+](=O)[O-]. The van der Waals surface area contributed by atoms with E-state index in [1.165, 1.54) is 7.05 Å². The van der Waals surface area contributed by atoms with Gasteiger partial charge < -0.3 is 5.32 Å². The van der Waals surface area contributed by atoms with Gasteiger partial charge in [0.1, 0.15) is 18.0 Å². The second-order valence-corrected chi connectivity index (χ2v) is 3.55. The van der Waals surface area contributed by atoms with Crippen LogP contribution in [0.3, 0.4) is 0 Å². The van der Waals surface area contributed by atoms with E-state index in [0.29, 0.717) is 6.07 Å². The number of nitrogens with zero attached hydrogens (tertiary/aromatic N) is 3. The molecule has 1 aromatic carbocycles. The molecule has 0 spiro atoms. The quantitative estimate of drug-likeness (QED) is 0.681. The number of anilines is 1. The van der Waals surface area contributed by atoms with E-state index in [-0.39, 0.29) is 17.1 Å². The molecule has 2 aromatic rings. The van der Waals surface area contributed by atoms with Crippen molar-refractivity contribution in [3.8, 4) is 11.3 Å². The van der Waals surface area contributed by atoms with Gasteiger partial charge in [0.2, 0.25) is 5.82 Å². The normalized spacial score (nSPS) is 10.3.